The number of hydrogen-bond donors (Lipinski definition) is 1. The predicted molar refractivity (Wildman–Crippen MR) is 57.7 cm³/mol. The van der Waals surface area contributed by atoms with Crippen LogP contribution in [0.1, 0.15) is 13.3 Å². The van der Waals surface area contributed by atoms with Gasteiger partial charge in [0.05, 0.1) is 5.75 Å². The molecule has 0 spiro atoms. The third-order valence-electron chi connectivity index (χ3n) is 2.49. The monoisotopic (exact) mass is 223 g/mol. The Bertz CT molecular complexity index is 251. The molecular weight excluding hydrogens is 206 g/mol. The molecule has 3 nitrogen and oxygen atoms in total. The van der Waals surface area contributed by atoms with Gasteiger partial charge in [-0.3, -0.25) is 0 Å². The van der Waals surface area contributed by atoms with E-state index < -0.39 is 9.84 Å². The second kappa shape index (κ2) is 4.66. The molecule has 2 N–H and O–H groups in total. The first-order valence-corrected chi connectivity index (χ1v) is 7.56. The summed E-state index contributed by atoms with van der Waals surface area (Å²) in [7, 11) is -2.80. The first kappa shape index (κ1) is 11.3. The lowest BCUT2D eigenvalue weighted by Gasteiger charge is -2.13. The highest BCUT2D eigenvalue weighted by molar-refractivity contribution is 7.99. The molecule has 0 radical (unpaired) electrons. The molecule has 0 amide bonds. The van der Waals surface area contributed by atoms with Gasteiger partial charge in [-0.15, -0.1) is 0 Å². The van der Waals surface area contributed by atoms with Gasteiger partial charge >= 0.3 is 0 Å². The van der Waals surface area contributed by atoms with Gasteiger partial charge in [-0.25, -0.2) is 8.42 Å². The molecule has 1 saturated heterocycles. The average Bonchev–Trinajstić information content (AvgIpc) is 2.48. The summed E-state index contributed by atoms with van der Waals surface area (Å²) in [5.41, 5.74) is 5.83. The predicted octanol–water partition coefficient (Wildman–Crippen LogP) is 0.502. The van der Waals surface area contributed by atoms with Crippen molar-refractivity contribution >= 4 is 21.6 Å². The van der Waals surface area contributed by atoms with Gasteiger partial charge in [-0.2, -0.15) is 11.8 Å². The molecule has 0 aromatic carbocycles. The third kappa shape index (κ3) is 3.48. The molecule has 1 heterocycles. The van der Waals surface area contributed by atoms with Gasteiger partial charge in [0.15, 0.2) is 0 Å². The Kier molecular flexibility index (Phi) is 4.06. The fourth-order valence-electron chi connectivity index (χ4n) is 1.39. The molecule has 1 fully saturated rings. The van der Waals surface area contributed by atoms with E-state index in [9.17, 15) is 8.42 Å². The summed E-state index contributed by atoms with van der Waals surface area (Å²) in [6, 6.07) is 0.206. The molecule has 1 rings (SSSR count). The average molecular weight is 223 g/mol. The van der Waals surface area contributed by atoms with E-state index in [4.69, 9.17) is 5.73 Å². The molecule has 2 unspecified atom stereocenters. The fourth-order valence-corrected chi connectivity index (χ4v) is 3.74. The van der Waals surface area contributed by atoms with E-state index in [-0.39, 0.29) is 11.8 Å². The van der Waals surface area contributed by atoms with Gasteiger partial charge in [0, 0.05) is 17.5 Å². The minimum Gasteiger partial charge on any atom is -0.327 e. The Labute approximate surface area is 84.4 Å². The molecule has 0 bridgehead atoms. The molecule has 0 aliphatic carbocycles. The Balaban J connectivity index is 2.34. The van der Waals surface area contributed by atoms with Crippen molar-refractivity contribution < 1.29 is 8.42 Å². The molecule has 78 valence electrons. The highest BCUT2D eigenvalue weighted by Crippen LogP contribution is 2.25. The maximum Gasteiger partial charge on any atom is 0.150 e. The number of rotatable bonds is 4. The number of thioether (sulfide) groups is 1. The van der Waals surface area contributed by atoms with Crippen LogP contribution in [-0.2, 0) is 9.84 Å². The van der Waals surface area contributed by atoms with Crippen molar-refractivity contribution in [3.63, 3.8) is 0 Å². The molecule has 2 atom stereocenters. The van der Waals surface area contributed by atoms with Crippen LogP contribution < -0.4 is 5.73 Å². The maximum atomic E-state index is 11.2. The topological polar surface area (TPSA) is 60.2 Å². The van der Waals surface area contributed by atoms with Gasteiger partial charge in [0.2, 0.25) is 0 Å². The van der Waals surface area contributed by atoms with Crippen molar-refractivity contribution in [1.29, 1.82) is 0 Å². The van der Waals surface area contributed by atoms with Crippen LogP contribution in [0.15, 0.2) is 0 Å². The van der Waals surface area contributed by atoms with Gasteiger partial charge < -0.3 is 5.73 Å². The van der Waals surface area contributed by atoms with E-state index in [0.29, 0.717) is 11.7 Å². The van der Waals surface area contributed by atoms with Gasteiger partial charge in [0.25, 0.3) is 0 Å². The van der Waals surface area contributed by atoms with E-state index in [0.717, 1.165) is 17.9 Å². The highest BCUT2D eigenvalue weighted by atomic mass is 32.2. The minimum absolute atomic E-state index is 0.206. The molecule has 0 saturated carbocycles. The van der Waals surface area contributed by atoms with Crippen molar-refractivity contribution in [2.45, 2.75) is 19.4 Å². The number of nitrogens with two attached hydrogens (primary N) is 1. The van der Waals surface area contributed by atoms with Crippen LogP contribution in [-0.4, -0.2) is 37.5 Å². The first-order chi connectivity index (χ1) is 6.05. The summed E-state index contributed by atoms with van der Waals surface area (Å²) in [6.07, 6.45) is 0.740. The second-order valence-electron chi connectivity index (χ2n) is 3.49. The largest absolute Gasteiger partial charge is 0.327 e. The van der Waals surface area contributed by atoms with Crippen molar-refractivity contribution in [1.82, 2.24) is 0 Å². The Hall–Kier alpha value is 0.260. The molecule has 0 aromatic heterocycles. The Morgan fingerprint density at radius 3 is 2.62 bits per heavy atom. The molecule has 1 aliphatic heterocycles. The Morgan fingerprint density at radius 2 is 2.15 bits per heavy atom. The zero-order valence-corrected chi connectivity index (χ0v) is 9.53. The minimum atomic E-state index is -2.80. The van der Waals surface area contributed by atoms with E-state index in [2.05, 4.69) is 0 Å². The van der Waals surface area contributed by atoms with Crippen LogP contribution in [0, 0.1) is 5.92 Å². The third-order valence-corrected chi connectivity index (χ3v) is 5.51. The highest BCUT2D eigenvalue weighted by Gasteiger charge is 2.25. The van der Waals surface area contributed by atoms with E-state index >= 15 is 0 Å². The fraction of sp³-hybridized carbons (Fsp3) is 1.00. The first-order valence-electron chi connectivity index (χ1n) is 4.59. The van der Waals surface area contributed by atoms with Crippen molar-refractivity contribution in [2.24, 2.45) is 11.7 Å². The van der Waals surface area contributed by atoms with E-state index in [1.807, 2.05) is 11.8 Å². The second-order valence-corrected chi connectivity index (χ2v) is 7.03. The number of sulfone groups is 1. The maximum absolute atomic E-state index is 11.2. The standard InChI is InChI=1S/C8H17NO2S2/c1-2-13(10,11)4-3-7-5-12-6-8(7)9/h7-8H,2-6,9H2,1H3. The lowest BCUT2D eigenvalue weighted by molar-refractivity contribution is 0.497. The van der Waals surface area contributed by atoms with Crippen LogP contribution in [0.4, 0.5) is 0 Å². The SMILES string of the molecule is CCS(=O)(=O)CCC1CSCC1N. The van der Waals surface area contributed by atoms with Gasteiger partial charge in [-0.1, -0.05) is 6.92 Å². The zero-order chi connectivity index (χ0) is 9.90. The Morgan fingerprint density at radius 1 is 1.46 bits per heavy atom. The van der Waals surface area contributed by atoms with Crippen molar-refractivity contribution in [2.75, 3.05) is 23.0 Å². The van der Waals surface area contributed by atoms with Crippen LogP contribution in [0.5, 0.6) is 0 Å². The van der Waals surface area contributed by atoms with E-state index in [1.54, 1.807) is 6.92 Å². The number of hydrogen-bond acceptors (Lipinski definition) is 4. The smallest absolute Gasteiger partial charge is 0.150 e. The quantitative estimate of drug-likeness (QED) is 0.754. The lowest BCUT2D eigenvalue weighted by atomic mass is 10.0. The molecule has 13 heavy (non-hydrogen) atoms. The summed E-state index contributed by atoms with van der Waals surface area (Å²) in [4.78, 5) is 0. The van der Waals surface area contributed by atoms with Crippen molar-refractivity contribution in [3.05, 3.63) is 0 Å². The summed E-state index contributed by atoms with van der Waals surface area (Å²) < 4.78 is 22.4. The van der Waals surface area contributed by atoms with Crippen LogP contribution in [0.2, 0.25) is 0 Å². The van der Waals surface area contributed by atoms with Gasteiger partial charge in [-0.05, 0) is 18.1 Å². The van der Waals surface area contributed by atoms with Gasteiger partial charge in [0.1, 0.15) is 9.84 Å². The summed E-state index contributed by atoms with van der Waals surface area (Å²) in [5, 5.41) is 0. The van der Waals surface area contributed by atoms with E-state index in [1.165, 1.54) is 0 Å². The zero-order valence-electron chi connectivity index (χ0n) is 7.90. The van der Waals surface area contributed by atoms with Crippen LogP contribution >= 0.6 is 11.8 Å². The molecule has 1 aliphatic rings. The lowest BCUT2D eigenvalue weighted by Crippen LogP contribution is -2.30. The van der Waals surface area contributed by atoms with Crippen LogP contribution in [0.3, 0.4) is 0 Å². The summed E-state index contributed by atoms with van der Waals surface area (Å²) in [5.74, 6) is 2.98. The molecule has 0 aromatic rings. The summed E-state index contributed by atoms with van der Waals surface area (Å²) >= 11 is 1.83. The van der Waals surface area contributed by atoms with Crippen LogP contribution in [0.25, 0.3) is 0 Å². The molecule has 5 heteroatoms. The molecular formula is C8H17NO2S2. The normalized spacial score (nSPS) is 29.4. The van der Waals surface area contributed by atoms with Crippen molar-refractivity contribution in [3.8, 4) is 0 Å². The summed E-state index contributed by atoms with van der Waals surface area (Å²) in [6.45, 7) is 1.69.